The van der Waals surface area contributed by atoms with E-state index in [-0.39, 0.29) is 12.4 Å². The fourth-order valence-electron chi connectivity index (χ4n) is 2.09. The zero-order valence-electron chi connectivity index (χ0n) is 7.01. The Hall–Kier alpha value is 0.250. The smallest absolute Gasteiger partial charge is 0.00701 e. The van der Waals surface area contributed by atoms with Gasteiger partial charge in [-0.05, 0) is 31.7 Å². The molecular formula is C9H18ClN. The third-order valence-corrected chi connectivity index (χ3v) is 3.00. The van der Waals surface area contributed by atoms with E-state index in [1.54, 1.807) is 0 Å². The predicted octanol–water partition coefficient (Wildman–Crippen LogP) is 2.35. The van der Waals surface area contributed by atoms with Crippen LogP contribution in [0, 0.1) is 5.92 Å². The molecule has 1 nitrogen and oxygen atoms in total. The average Bonchev–Trinajstić information content (AvgIpc) is 2.29. The van der Waals surface area contributed by atoms with E-state index in [9.17, 15) is 0 Å². The molecule has 0 spiro atoms. The second-order valence-corrected chi connectivity index (χ2v) is 3.83. The summed E-state index contributed by atoms with van der Waals surface area (Å²) in [6, 6.07) is 0.894. The van der Waals surface area contributed by atoms with Gasteiger partial charge < -0.3 is 5.32 Å². The van der Waals surface area contributed by atoms with E-state index in [1.165, 1.54) is 45.1 Å². The van der Waals surface area contributed by atoms with Gasteiger partial charge in [0.1, 0.15) is 0 Å². The Labute approximate surface area is 75.4 Å². The molecule has 1 N–H and O–H groups in total. The SMILES string of the molecule is C1CC(C[C@H]2CCCN2)C1.Cl. The molecule has 0 radical (unpaired) electrons. The largest absolute Gasteiger partial charge is 0.314 e. The summed E-state index contributed by atoms with van der Waals surface area (Å²) in [5.41, 5.74) is 0. The van der Waals surface area contributed by atoms with Crippen molar-refractivity contribution >= 4 is 12.4 Å². The van der Waals surface area contributed by atoms with Crippen LogP contribution in [0.25, 0.3) is 0 Å². The van der Waals surface area contributed by atoms with Crippen LogP contribution in [0.1, 0.15) is 38.5 Å². The minimum atomic E-state index is 0. The van der Waals surface area contributed by atoms with E-state index in [4.69, 9.17) is 0 Å². The van der Waals surface area contributed by atoms with Crippen molar-refractivity contribution in [2.24, 2.45) is 5.92 Å². The summed E-state index contributed by atoms with van der Waals surface area (Å²) in [6.07, 6.45) is 8.85. The highest BCUT2D eigenvalue weighted by molar-refractivity contribution is 5.85. The molecule has 1 aliphatic carbocycles. The van der Waals surface area contributed by atoms with Gasteiger partial charge in [0.25, 0.3) is 0 Å². The molecule has 0 aromatic carbocycles. The molecule has 1 atom stereocenters. The van der Waals surface area contributed by atoms with Crippen LogP contribution in [0.5, 0.6) is 0 Å². The van der Waals surface area contributed by atoms with Crippen LogP contribution in [0.4, 0.5) is 0 Å². The fourth-order valence-corrected chi connectivity index (χ4v) is 2.09. The number of halogens is 1. The Bertz CT molecular complexity index is 106. The van der Waals surface area contributed by atoms with Crippen molar-refractivity contribution in [1.29, 1.82) is 0 Å². The second-order valence-electron chi connectivity index (χ2n) is 3.83. The number of hydrogen-bond acceptors (Lipinski definition) is 1. The van der Waals surface area contributed by atoms with E-state index < -0.39 is 0 Å². The Morgan fingerprint density at radius 2 is 1.91 bits per heavy atom. The van der Waals surface area contributed by atoms with Crippen LogP contribution in [0.3, 0.4) is 0 Å². The van der Waals surface area contributed by atoms with Gasteiger partial charge in [-0.15, -0.1) is 12.4 Å². The van der Waals surface area contributed by atoms with E-state index in [1.807, 2.05) is 0 Å². The maximum Gasteiger partial charge on any atom is 0.00701 e. The Morgan fingerprint density at radius 3 is 2.36 bits per heavy atom. The maximum atomic E-state index is 3.56. The van der Waals surface area contributed by atoms with Gasteiger partial charge in [0.2, 0.25) is 0 Å². The summed E-state index contributed by atoms with van der Waals surface area (Å²) in [7, 11) is 0. The first-order valence-corrected chi connectivity index (χ1v) is 4.68. The summed E-state index contributed by atoms with van der Waals surface area (Å²) in [4.78, 5) is 0. The molecule has 2 heteroatoms. The molecule has 2 rings (SSSR count). The van der Waals surface area contributed by atoms with Gasteiger partial charge in [0, 0.05) is 6.04 Å². The van der Waals surface area contributed by atoms with Crippen LogP contribution in [0.15, 0.2) is 0 Å². The minimum Gasteiger partial charge on any atom is -0.314 e. The minimum absolute atomic E-state index is 0. The highest BCUT2D eigenvalue weighted by Crippen LogP contribution is 2.31. The summed E-state index contributed by atoms with van der Waals surface area (Å²) < 4.78 is 0. The molecule has 0 bridgehead atoms. The van der Waals surface area contributed by atoms with Crippen LogP contribution < -0.4 is 5.32 Å². The molecule has 11 heavy (non-hydrogen) atoms. The normalized spacial score (nSPS) is 31.1. The van der Waals surface area contributed by atoms with Gasteiger partial charge in [-0.1, -0.05) is 19.3 Å². The van der Waals surface area contributed by atoms with Crippen molar-refractivity contribution in [3.63, 3.8) is 0 Å². The van der Waals surface area contributed by atoms with E-state index in [0.717, 1.165) is 12.0 Å². The molecule has 0 aromatic rings. The Kier molecular flexibility index (Phi) is 3.67. The van der Waals surface area contributed by atoms with Gasteiger partial charge in [-0.3, -0.25) is 0 Å². The van der Waals surface area contributed by atoms with Crippen molar-refractivity contribution in [3.05, 3.63) is 0 Å². The van der Waals surface area contributed by atoms with E-state index in [0.29, 0.717) is 0 Å². The first-order valence-electron chi connectivity index (χ1n) is 4.68. The lowest BCUT2D eigenvalue weighted by Crippen LogP contribution is -2.26. The summed E-state index contributed by atoms with van der Waals surface area (Å²) in [5, 5.41) is 3.56. The molecule has 2 fully saturated rings. The molecular weight excluding hydrogens is 158 g/mol. The molecule has 1 saturated heterocycles. The molecule has 2 aliphatic rings. The van der Waals surface area contributed by atoms with Crippen LogP contribution >= 0.6 is 12.4 Å². The molecule has 66 valence electrons. The van der Waals surface area contributed by atoms with Crippen LogP contribution in [-0.2, 0) is 0 Å². The maximum absolute atomic E-state index is 3.56. The number of hydrogen-bond donors (Lipinski definition) is 1. The first kappa shape index (κ1) is 9.34. The third-order valence-electron chi connectivity index (χ3n) is 3.00. The second kappa shape index (κ2) is 4.32. The van der Waals surface area contributed by atoms with Gasteiger partial charge in [-0.2, -0.15) is 0 Å². The third kappa shape index (κ3) is 2.34. The lowest BCUT2D eigenvalue weighted by Gasteiger charge is -2.27. The quantitative estimate of drug-likeness (QED) is 0.680. The fraction of sp³-hybridized carbons (Fsp3) is 1.00. The Morgan fingerprint density at radius 1 is 1.09 bits per heavy atom. The molecule has 0 amide bonds. The average molecular weight is 176 g/mol. The lowest BCUT2D eigenvalue weighted by molar-refractivity contribution is 0.268. The van der Waals surface area contributed by atoms with Crippen molar-refractivity contribution in [2.75, 3.05) is 6.54 Å². The van der Waals surface area contributed by atoms with Gasteiger partial charge in [0.05, 0.1) is 0 Å². The number of nitrogens with one attached hydrogen (secondary N) is 1. The monoisotopic (exact) mass is 175 g/mol. The van der Waals surface area contributed by atoms with Gasteiger partial charge in [-0.25, -0.2) is 0 Å². The van der Waals surface area contributed by atoms with Gasteiger partial charge >= 0.3 is 0 Å². The number of rotatable bonds is 2. The first-order chi connectivity index (χ1) is 4.95. The predicted molar refractivity (Wildman–Crippen MR) is 50.2 cm³/mol. The molecule has 1 aliphatic heterocycles. The molecule has 0 unspecified atom stereocenters. The Balaban J connectivity index is 0.000000605. The highest BCUT2D eigenvalue weighted by Gasteiger charge is 2.23. The molecule has 1 heterocycles. The van der Waals surface area contributed by atoms with Gasteiger partial charge in [0.15, 0.2) is 0 Å². The standard InChI is InChI=1S/C9H17N.ClH/c1-3-8(4-1)7-9-5-2-6-10-9;/h8-10H,1-7H2;1H/t9-;/m1./s1. The zero-order valence-corrected chi connectivity index (χ0v) is 7.83. The summed E-state index contributed by atoms with van der Waals surface area (Å²) in [6.45, 7) is 1.28. The van der Waals surface area contributed by atoms with E-state index in [2.05, 4.69) is 5.32 Å². The summed E-state index contributed by atoms with van der Waals surface area (Å²) in [5.74, 6) is 1.09. The highest BCUT2D eigenvalue weighted by atomic mass is 35.5. The molecule has 1 saturated carbocycles. The van der Waals surface area contributed by atoms with E-state index >= 15 is 0 Å². The lowest BCUT2D eigenvalue weighted by atomic mass is 9.81. The van der Waals surface area contributed by atoms with Crippen LogP contribution in [-0.4, -0.2) is 12.6 Å². The zero-order chi connectivity index (χ0) is 6.81. The van der Waals surface area contributed by atoms with Crippen molar-refractivity contribution in [3.8, 4) is 0 Å². The topological polar surface area (TPSA) is 12.0 Å². The summed E-state index contributed by atoms with van der Waals surface area (Å²) >= 11 is 0. The molecule has 0 aromatic heterocycles. The van der Waals surface area contributed by atoms with Crippen molar-refractivity contribution in [1.82, 2.24) is 5.32 Å². The van der Waals surface area contributed by atoms with Crippen molar-refractivity contribution < 1.29 is 0 Å². The van der Waals surface area contributed by atoms with Crippen molar-refractivity contribution in [2.45, 2.75) is 44.6 Å². The van der Waals surface area contributed by atoms with Crippen LogP contribution in [0.2, 0.25) is 0 Å².